The highest BCUT2D eigenvalue weighted by molar-refractivity contribution is 5.77. The number of nitrogens with two attached hydrogens (primary N) is 2. The van der Waals surface area contributed by atoms with Crippen LogP contribution in [0.25, 0.3) is 0 Å². The summed E-state index contributed by atoms with van der Waals surface area (Å²) in [4.78, 5) is 3.78. The van der Waals surface area contributed by atoms with Crippen molar-refractivity contribution in [3.05, 3.63) is 18.0 Å². The van der Waals surface area contributed by atoms with Crippen molar-refractivity contribution >= 4 is 5.96 Å². The minimum atomic E-state index is -0.0471. The molecule has 0 rings (SSSR count). The van der Waals surface area contributed by atoms with Crippen LogP contribution >= 0.6 is 0 Å². The quantitative estimate of drug-likeness (QED) is 0.207. The summed E-state index contributed by atoms with van der Waals surface area (Å²) in [6.45, 7) is 4.33. The van der Waals surface area contributed by atoms with E-state index in [-0.39, 0.29) is 6.04 Å². The van der Waals surface area contributed by atoms with Gasteiger partial charge in [0.2, 0.25) is 0 Å². The molecule has 15 heavy (non-hydrogen) atoms. The minimum absolute atomic E-state index is 0.0471. The zero-order valence-corrected chi connectivity index (χ0v) is 9.51. The first kappa shape index (κ1) is 13.5. The number of hydrogen-bond acceptors (Lipinski definition) is 3. The molecule has 0 aliphatic rings. The Morgan fingerprint density at radius 1 is 1.60 bits per heavy atom. The number of nitrogens with one attached hydrogen (secondary N) is 2. The van der Waals surface area contributed by atoms with Crippen LogP contribution in [0.5, 0.6) is 0 Å². The summed E-state index contributed by atoms with van der Waals surface area (Å²) in [6, 6.07) is -0.0471. The lowest BCUT2D eigenvalue weighted by molar-refractivity contribution is 0.609. The van der Waals surface area contributed by atoms with Crippen molar-refractivity contribution in [2.75, 3.05) is 20.6 Å². The van der Waals surface area contributed by atoms with Gasteiger partial charge in [-0.05, 0) is 12.8 Å². The number of guanidine groups is 1. The lowest BCUT2D eigenvalue weighted by atomic mass is 10.1. The third kappa shape index (κ3) is 5.78. The van der Waals surface area contributed by atoms with Crippen LogP contribution in [0.2, 0.25) is 0 Å². The second-order valence-electron chi connectivity index (χ2n) is 3.12. The van der Waals surface area contributed by atoms with Crippen molar-refractivity contribution in [1.82, 2.24) is 10.6 Å². The van der Waals surface area contributed by atoms with Gasteiger partial charge >= 0.3 is 0 Å². The van der Waals surface area contributed by atoms with E-state index in [1.54, 1.807) is 7.05 Å². The monoisotopic (exact) mass is 211 g/mol. The summed E-state index contributed by atoms with van der Waals surface area (Å²) >= 11 is 0. The van der Waals surface area contributed by atoms with Crippen molar-refractivity contribution < 1.29 is 0 Å². The summed E-state index contributed by atoms with van der Waals surface area (Å²) < 4.78 is 0. The average Bonchev–Trinajstić information content (AvgIpc) is 2.25. The fourth-order valence-electron chi connectivity index (χ4n) is 1.17. The normalized spacial score (nSPS) is 12.9. The molecule has 1 atom stereocenters. The largest absolute Gasteiger partial charge is 0.384 e. The smallest absolute Gasteiger partial charge is 0.188 e. The van der Waals surface area contributed by atoms with Crippen LogP contribution in [0.15, 0.2) is 23.0 Å². The topological polar surface area (TPSA) is 88.5 Å². The number of likely N-dealkylation sites (N-methyl/N-ethyl adjacent to an activating group) is 1. The molecule has 0 amide bonds. The van der Waals surface area contributed by atoms with E-state index < -0.39 is 0 Å². The second kappa shape index (κ2) is 7.91. The van der Waals surface area contributed by atoms with Gasteiger partial charge in [-0.25, -0.2) is 0 Å². The maximum absolute atomic E-state index is 5.90. The number of nitrogens with zero attached hydrogens (tertiary/aromatic N) is 1. The van der Waals surface area contributed by atoms with Crippen LogP contribution in [-0.2, 0) is 0 Å². The molecule has 0 aromatic rings. The van der Waals surface area contributed by atoms with Crippen LogP contribution in [0, 0.1) is 0 Å². The first-order chi connectivity index (χ1) is 7.15. The van der Waals surface area contributed by atoms with Crippen molar-refractivity contribution in [2.24, 2.45) is 16.5 Å². The van der Waals surface area contributed by atoms with Gasteiger partial charge in [-0.1, -0.05) is 6.58 Å². The molecule has 86 valence electrons. The van der Waals surface area contributed by atoms with Gasteiger partial charge in [0.05, 0.1) is 11.7 Å². The van der Waals surface area contributed by atoms with Gasteiger partial charge < -0.3 is 22.1 Å². The second-order valence-corrected chi connectivity index (χ2v) is 3.12. The Hall–Kier alpha value is -1.45. The molecule has 0 saturated heterocycles. The van der Waals surface area contributed by atoms with E-state index in [9.17, 15) is 0 Å². The molecule has 0 aromatic carbocycles. The van der Waals surface area contributed by atoms with Crippen molar-refractivity contribution in [1.29, 1.82) is 0 Å². The Morgan fingerprint density at radius 2 is 2.27 bits per heavy atom. The van der Waals surface area contributed by atoms with Gasteiger partial charge in [-0.15, -0.1) is 5.73 Å². The average molecular weight is 211 g/mol. The minimum Gasteiger partial charge on any atom is -0.384 e. The highest BCUT2D eigenvalue weighted by Gasteiger charge is 2.06. The summed E-state index contributed by atoms with van der Waals surface area (Å²) in [5.74, 6) is 0.455. The lowest BCUT2D eigenvalue weighted by Crippen LogP contribution is -2.34. The number of rotatable bonds is 6. The Kier molecular flexibility index (Phi) is 7.14. The predicted octanol–water partition coefficient (Wildman–Crippen LogP) is -0.484. The Balaban J connectivity index is 3.73. The highest BCUT2D eigenvalue weighted by Crippen LogP contribution is 2.00. The number of hydrogen-bond donors (Lipinski definition) is 4. The van der Waals surface area contributed by atoms with E-state index >= 15 is 0 Å². The molecule has 1 unspecified atom stereocenters. The summed E-state index contributed by atoms with van der Waals surface area (Å²) in [6.07, 6.45) is 1.77. The Bertz CT molecular complexity index is 253. The molecule has 0 aromatic heterocycles. The van der Waals surface area contributed by atoms with E-state index in [2.05, 4.69) is 27.9 Å². The van der Waals surface area contributed by atoms with Crippen LogP contribution in [0.3, 0.4) is 0 Å². The molecule has 0 aliphatic carbocycles. The van der Waals surface area contributed by atoms with Crippen LogP contribution in [-0.4, -0.2) is 32.6 Å². The van der Waals surface area contributed by atoms with Crippen molar-refractivity contribution in [2.45, 2.75) is 18.9 Å². The maximum Gasteiger partial charge on any atom is 0.188 e. The standard InChI is InChI=1S/C10H21N5/c1-4-9(13-2)8(11)6-5-7-15-10(12)14-3/h8,13H,1,5-7,11H2,2-3H3,(H3,12,14,15). The SMILES string of the molecule is C=C=C(NC)C(N)CCCNC(N)=NC. The summed E-state index contributed by atoms with van der Waals surface area (Å²) in [5, 5.41) is 5.93. The van der Waals surface area contributed by atoms with E-state index in [1.165, 1.54) is 0 Å². The third-order valence-corrected chi connectivity index (χ3v) is 2.07. The Labute approximate surface area is 91.3 Å². The summed E-state index contributed by atoms with van der Waals surface area (Å²) in [7, 11) is 3.46. The first-order valence-corrected chi connectivity index (χ1v) is 4.95. The molecule has 0 fully saturated rings. The summed E-state index contributed by atoms with van der Waals surface area (Å²) in [5.41, 5.74) is 15.0. The fourth-order valence-corrected chi connectivity index (χ4v) is 1.17. The van der Waals surface area contributed by atoms with Gasteiger partial charge in [-0.2, -0.15) is 0 Å². The molecule has 0 radical (unpaired) electrons. The van der Waals surface area contributed by atoms with Crippen molar-refractivity contribution in [3.63, 3.8) is 0 Å². The zero-order chi connectivity index (χ0) is 11.7. The highest BCUT2D eigenvalue weighted by atomic mass is 15.1. The van der Waals surface area contributed by atoms with Crippen LogP contribution in [0.1, 0.15) is 12.8 Å². The van der Waals surface area contributed by atoms with Gasteiger partial charge in [0.15, 0.2) is 5.96 Å². The van der Waals surface area contributed by atoms with E-state index in [1.807, 2.05) is 7.05 Å². The molecule has 0 bridgehead atoms. The van der Waals surface area contributed by atoms with Crippen LogP contribution in [0.4, 0.5) is 0 Å². The predicted molar refractivity (Wildman–Crippen MR) is 64.5 cm³/mol. The van der Waals surface area contributed by atoms with E-state index in [4.69, 9.17) is 11.5 Å². The third-order valence-electron chi connectivity index (χ3n) is 2.07. The van der Waals surface area contributed by atoms with Crippen LogP contribution < -0.4 is 22.1 Å². The van der Waals surface area contributed by atoms with Gasteiger partial charge in [0.25, 0.3) is 0 Å². The van der Waals surface area contributed by atoms with Gasteiger partial charge in [-0.3, -0.25) is 4.99 Å². The van der Waals surface area contributed by atoms with E-state index in [0.717, 1.165) is 25.1 Å². The molecule has 6 N–H and O–H groups in total. The molecular formula is C10H21N5. The lowest BCUT2D eigenvalue weighted by Gasteiger charge is -2.13. The van der Waals surface area contributed by atoms with E-state index in [0.29, 0.717) is 5.96 Å². The van der Waals surface area contributed by atoms with Crippen molar-refractivity contribution in [3.8, 4) is 0 Å². The maximum atomic E-state index is 5.90. The number of aliphatic imine (C=N–C) groups is 1. The molecule has 5 heteroatoms. The molecule has 0 heterocycles. The zero-order valence-electron chi connectivity index (χ0n) is 9.51. The first-order valence-electron chi connectivity index (χ1n) is 4.95. The molecule has 0 aliphatic heterocycles. The molecular weight excluding hydrogens is 190 g/mol. The Morgan fingerprint density at radius 3 is 2.73 bits per heavy atom. The van der Waals surface area contributed by atoms with Gasteiger partial charge in [0.1, 0.15) is 0 Å². The van der Waals surface area contributed by atoms with Gasteiger partial charge in [0, 0.05) is 20.6 Å². The molecule has 0 saturated carbocycles. The fraction of sp³-hybridized carbons (Fsp3) is 0.600. The molecule has 5 nitrogen and oxygen atoms in total. The molecule has 0 spiro atoms.